The third-order valence-corrected chi connectivity index (χ3v) is 6.67. The molecular weight excluding hydrogens is 411 g/mol. The average molecular weight is 435 g/mol. The number of fused-ring (bicyclic) bond motifs is 1. The highest BCUT2D eigenvalue weighted by Gasteiger charge is 2.48. The molecule has 3 aliphatic rings. The van der Waals surface area contributed by atoms with Gasteiger partial charge in [0.05, 0.1) is 29.9 Å². The predicted octanol–water partition coefficient (Wildman–Crippen LogP) is 4.45. The number of rotatable bonds is 4. The first-order valence-corrected chi connectivity index (χ1v) is 10.5. The fourth-order valence-corrected chi connectivity index (χ4v) is 4.70. The lowest BCUT2D eigenvalue weighted by Gasteiger charge is -2.29. The summed E-state index contributed by atoms with van der Waals surface area (Å²) in [5.41, 5.74) is 1.26. The Kier molecular flexibility index (Phi) is 4.86. The van der Waals surface area contributed by atoms with Crippen LogP contribution in [0.4, 0.5) is 19.0 Å². The van der Waals surface area contributed by atoms with Gasteiger partial charge in [0.1, 0.15) is 11.4 Å². The third kappa shape index (κ3) is 3.74. The smallest absolute Gasteiger partial charge is 0.416 e. The van der Waals surface area contributed by atoms with Crippen molar-refractivity contribution in [3.8, 4) is 17.0 Å². The first-order valence-electron chi connectivity index (χ1n) is 10.5. The van der Waals surface area contributed by atoms with Gasteiger partial charge < -0.3 is 19.9 Å². The van der Waals surface area contributed by atoms with Gasteiger partial charge in [-0.2, -0.15) is 13.2 Å². The lowest BCUT2D eigenvalue weighted by Crippen LogP contribution is -2.32. The molecule has 2 saturated carbocycles. The first-order chi connectivity index (χ1) is 14.8. The molecule has 0 radical (unpaired) electrons. The van der Waals surface area contributed by atoms with Crippen molar-refractivity contribution in [2.75, 3.05) is 12.4 Å². The number of hydrogen-bond acceptors (Lipinski definition) is 6. The van der Waals surface area contributed by atoms with Gasteiger partial charge in [-0.15, -0.1) is 10.2 Å². The van der Waals surface area contributed by atoms with E-state index in [-0.39, 0.29) is 23.3 Å². The van der Waals surface area contributed by atoms with E-state index in [1.807, 2.05) is 0 Å². The molecule has 2 aromatic rings. The minimum Gasteiger partial charge on any atom is -0.507 e. The fourth-order valence-electron chi connectivity index (χ4n) is 4.70. The molecule has 166 valence electrons. The fraction of sp³-hybridized carbons (Fsp3) is 0.545. The summed E-state index contributed by atoms with van der Waals surface area (Å²) >= 11 is 0. The van der Waals surface area contributed by atoms with Crippen LogP contribution < -0.4 is 5.32 Å². The van der Waals surface area contributed by atoms with Gasteiger partial charge in [0, 0.05) is 24.7 Å². The average Bonchev–Trinajstić information content (AvgIpc) is 3.32. The quantitative estimate of drug-likeness (QED) is 0.739. The summed E-state index contributed by atoms with van der Waals surface area (Å²) in [6.45, 7) is 0.353. The van der Waals surface area contributed by atoms with Crippen LogP contribution in [-0.4, -0.2) is 40.2 Å². The third-order valence-electron chi connectivity index (χ3n) is 6.67. The number of aromatic nitrogens is 2. The van der Waals surface area contributed by atoms with E-state index in [4.69, 9.17) is 9.47 Å². The molecule has 1 aromatic carbocycles. The molecule has 31 heavy (non-hydrogen) atoms. The number of phenols is 1. The summed E-state index contributed by atoms with van der Waals surface area (Å²) in [5.74, 6) is 0.160. The number of halogens is 3. The molecule has 1 aromatic heterocycles. The zero-order valence-electron chi connectivity index (χ0n) is 17.1. The molecule has 2 heterocycles. The van der Waals surface area contributed by atoms with E-state index < -0.39 is 17.5 Å². The summed E-state index contributed by atoms with van der Waals surface area (Å²) in [5, 5.41) is 22.5. The molecule has 2 atom stereocenters. The summed E-state index contributed by atoms with van der Waals surface area (Å²) < 4.78 is 50.7. The second-order valence-electron chi connectivity index (χ2n) is 8.69. The molecule has 0 saturated heterocycles. The summed E-state index contributed by atoms with van der Waals surface area (Å²) in [4.78, 5) is 0. The summed E-state index contributed by atoms with van der Waals surface area (Å²) in [6.07, 6.45) is 1.02. The molecule has 5 rings (SSSR count). The van der Waals surface area contributed by atoms with Gasteiger partial charge in [0.25, 0.3) is 0 Å². The van der Waals surface area contributed by atoms with Crippen molar-refractivity contribution in [2.24, 2.45) is 0 Å². The maximum Gasteiger partial charge on any atom is 0.416 e. The predicted molar refractivity (Wildman–Crippen MR) is 107 cm³/mol. The van der Waals surface area contributed by atoms with Gasteiger partial charge in [-0.3, -0.25) is 0 Å². The standard InChI is InChI=1S/C22H24F3N3O3/c1-30-18-4-2-3-16(18)26-20-15-11-31-21(7-8-21)10-14(15)19(27-28-20)13-6-5-12(9-17(13)29)22(23,24)25/h5-6,9,16,18,29H,2-4,7-8,10-11H2,1H3,(H,26,28)/t16-,18-/m1/s1. The van der Waals surface area contributed by atoms with E-state index in [9.17, 15) is 18.3 Å². The van der Waals surface area contributed by atoms with E-state index in [1.54, 1.807) is 7.11 Å². The van der Waals surface area contributed by atoms with Gasteiger partial charge in [-0.1, -0.05) is 0 Å². The van der Waals surface area contributed by atoms with Crippen LogP contribution in [0.1, 0.15) is 48.8 Å². The summed E-state index contributed by atoms with van der Waals surface area (Å²) in [6, 6.07) is 3.08. The summed E-state index contributed by atoms with van der Waals surface area (Å²) in [7, 11) is 1.70. The Balaban J connectivity index is 1.55. The van der Waals surface area contributed by atoms with Crippen LogP contribution in [0.25, 0.3) is 11.3 Å². The number of methoxy groups -OCH3 is 1. The maximum absolute atomic E-state index is 13.0. The number of nitrogens with zero attached hydrogens (tertiary/aromatic N) is 2. The van der Waals surface area contributed by atoms with Gasteiger partial charge in [-0.25, -0.2) is 0 Å². The first kappa shape index (κ1) is 20.5. The van der Waals surface area contributed by atoms with Crippen LogP contribution in [0.3, 0.4) is 0 Å². The largest absolute Gasteiger partial charge is 0.507 e. The molecule has 0 unspecified atom stereocenters. The van der Waals surface area contributed by atoms with E-state index in [0.717, 1.165) is 55.4 Å². The zero-order chi connectivity index (χ0) is 21.8. The van der Waals surface area contributed by atoms with Crippen LogP contribution in [0.5, 0.6) is 5.75 Å². The monoisotopic (exact) mass is 435 g/mol. The van der Waals surface area contributed by atoms with Crippen molar-refractivity contribution < 1.29 is 27.8 Å². The van der Waals surface area contributed by atoms with Crippen LogP contribution in [0.15, 0.2) is 18.2 Å². The van der Waals surface area contributed by atoms with Crippen molar-refractivity contribution >= 4 is 5.82 Å². The van der Waals surface area contributed by atoms with E-state index in [2.05, 4.69) is 15.5 Å². The van der Waals surface area contributed by atoms with Crippen molar-refractivity contribution in [2.45, 2.75) is 69.1 Å². The normalized spacial score (nSPS) is 24.3. The van der Waals surface area contributed by atoms with Gasteiger partial charge in [0.2, 0.25) is 0 Å². The van der Waals surface area contributed by atoms with Crippen LogP contribution in [0.2, 0.25) is 0 Å². The maximum atomic E-state index is 13.0. The minimum atomic E-state index is -4.53. The molecule has 0 amide bonds. The molecule has 2 aliphatic carbocycles. The van der Waals surface area contributed by atoms with E-state index >= 15 is 0 Å². The number of benzene rings is 1. The highest BCUT2D eigenvalue weighted by atomic mass is 19.4. The Morgan fingerprint density at radius 2 is 2.00 bits per heavy atom. The lowest BCUT2D eigenvalue weighted by atomic mass is 9.92. The topological polar surface area (TPSA) is 76.5 Å². The highest BCUT2D eigenvalue weighted by molar-refractivity contribution is 5.73. The Labute approximate surface area is 177 Å². The van der Waals surface area contributed by atoms with Crippen LogP contribution in [-0.2, 0) is 28.7 Å². The van der Waals surface area contributed by atoms with E-state index in [0.29, 0.717) is 24.5 Å². The van der Waals surface area contributed by atoms with Crippen LogP contribution >= 0.6 is 0 Å². The highest BCUT2D eigenvalue weighted by Crippen LogP contribution is 2.49. The number of hydrogen-bond donors (Lipinski definition) is 2. The Morgan fingerprint density at radius 1 is 1.19 bits per heavy atom. The number of aromatic hydroxyl groups is 1. The van der Waals surface area contributed by atoms with Crippen molar-refractivity contribution in [3.05, 3.63) is 34.9 Å². The number of alkyl halides is 3. The van der Waals surface area contributed by atoms with Gasteiger partial charge >= 0.3 is 6.18 Å². The van der Waals surface area contributed by atoms with Crippen molar-refractivity contribution in [1.29, 1.82) is 0 Å². The Hall–Kier alpha value is -2.39. The molecule has 2 N–H and O–H groups in total. The number of phenolic OH excluding ortho intramolecular Hbond substituents is 1. The Bertz CT molecular complexity index is 1010. The Morgan fingerprint density at radius 3 is 2.68 bits per heavy atom. The number of nitrogens with one attached hydrogen (secondary N) is 1. The SMILES string of the molecule is CO[C@@H]1CCC[C@H]1Nc1nnc(-c2ccc(C(F)(F)F)cc2O)c2c1COC1(CC1)C2. The molecule has 1 spiro atoms. The molecule has 2 fully saturated rings. The zero-order valence-corrected chi connectivity index (χ0v) is 17.1. The van der Waals surface area contributed by atoms with Gasteiger partial charge in [0.15, 0.2) is 5.82 Å². The van der Waals surface area contributed by atoms with Crippen molar-refractivity contribution in [3.63, 3.8) is 0 Å². The molecule has 0 bridgehead atoms. The second-order valence-corrected chi connectivity index (χ2v) is 8.69. The van der Waals surface area contributed by atoms with E-state index in [1.165, 1.54) is 6.07 Å². The minimum absolute atomic E-state index is 0.0929. The second kappa shape index (κ2) is 7.34. The molecule has 1 aliphatic heterocycles. The molecular formula is C22H24F3N3O3. The van der Waals surface area contributed by atoms with Crippen molar-refractivity contribution in [1.82, 2.24) is 10.2 Å². The van der Waals surface area contributed by atoms with Crippen LogP contribution in [0, 0.1) is 0 Å². The lowest BCUT2D eigenvalue weighted by molar-refractivity contribution is -0.137. The van der Waals surface area contributed by atoms with Gasteiger partial charge in [-0.05, 0) is 55.9 Å². The number of ether oxygens (including phenoxy) is 2. The number of anilines is 1. The molecule has 6 nitrogen and oxygen atoms in total. The molecule has 9 heteroatoms.